The standard InChI is InChI=1S/C46H27N3S/c1-2-12-28(13-3-1)43-47-44(29-23-25-42-36(26-29)35-17-7-11-21-41(35)50-42)49-45(48-43)30-22-24-34-33-16-6-10-20-39(33)46(40(34)27-30)37-18-8-4-14-31(37)32-15-5-9-19-38(32)46/h1-27H. The average molecular weight is 654 g/mol. The van der Waals surface area contributed by atoms with Gasteiger partial charge in [-0.25, -0.2) is 15.0 Å². The molecular formula is C46H27N3S. The van der Waals surface area contributed by atoms with Crippen molar-refractivity contribution in [1.82, 2.24) is 15.0 Å². The van der Waals surface area contributed by atoms with Crippen LogP contribution in [0.15, 0.2) is 164 Å². The summed E-state index contributed by atoms with van der Waals surface area (Å²) in [5.74, 6) is 2.00. The molecule has 0 saturated heterocycles. The Morgan fingerprint density at radius 2 is 0.820 bits per heavy atom. The Labute approximate surface area is 293 Å². The van der Waals surface area contributed by atoms with Crippen LogP contribution in [0.5, 0.6) is 0 Å². The fourth-order valence-electron chi connectivity index (χ4n) is 8.45. The van der Waals surface area contributed by atoms with E-state index in [1.165, 1.54) is 64.7 Å². The summed E-state index contributed by atoms with van der Waals surface area (Å²) < 4.78 is 2.54. The lowest BCUT2D eigenvalue weighted by Gasteiger charge is -2.30. The summed E-state index contributed by atoms with van der Waals surface area (Å²) in [6.45, 7) is 0. The molecule has 2 aromatic heterocycles. The molecule has 1 spiro atoms. The number of nitrogens with zero attached hydrogens (tertiary/aromatic N) is 3. The van der Waals surface area contributed by atoms with Gasteiger partial charge >= 0.3 is 0 Å². The van der Waals surface area contributed by atoms with Crippen LogP contribution in [0.3, 0.4) is 0 Å². The second-order valence-electron chi connectivity index (χ2n) is 13.1. The zero-order chi connectivity index (χ0) is 32.8. The molecule has 2 heterocycles. The summed E-state index contributed by atoms with van der Waals surface area (Å²) in [5, 5.41) is 2.48. The molecule has 11 rings (SSSR count). The molecule has 0 saturated carbocycles. The van der Waals surface area contributed by atoms with Crippen LogP contribution in [-0.2, 0) is 5.41 Å². The van der Waals surface area contributed by atoms with Gasteiger partial charge < -0.3 is 0 Å². The number of thiophene rings is 1. The van der Waals surface area contributed by atoms with E-state index in [2.05, 4.69) is 146 Å². The third kappa shape index (κ3) is 3.77. The Morgan fingerprint density at radius 3 is 1.48 bits per heavy atom. The van der Waals surface area contributed by atoms with E-state index in [0.29, 0.717) is 17.5 Å². The number of fused-ring (bicyclic) bond motifs is 13. The van der Waals surface area contributed by atoms with E-state index in [4.69, 9.17) is 15.0 Å². The summed E-state index contributed by atoms with van der Waals surface area (Å²) in [5.41, 5.74) is 12.8. The van der Waals surface area contributed by atoms with E-state index in [1.54, 1.807) is 0 Å². The minimum atomic E-state index is -0.432. The average Bonchev–Trinajstić information content (AvgIpc) is 3.82. The monoisotopic (exact) mass is 653 g/mol. The predicted octanol–water partition coefficient (Wildman–Crippen LogP) is 11.6. The largest absolute Gasteiger partial charge is 0.208 e. The molecule has 0 bridgehead atoms. The Bertz CT molecular complexity index is 2770. The van der Waals surface area contributed by atoms with Crippen molar-refractivity contribution >= 4 is 31.5 Å². The maximum absolute atomic E-state index is 5.23. The Morgan fingerprint density at radius 1 is 0.340 bits per heavy atom. The van der Waals surface area contributed by atoms with E-state index in [9.17, 15) is 0 Å². The molecule has 0 N–H and O–H groups in total. The fourth-order valence-corrected chi connectivity index (χ4v) is 9.54. The SMILES string of the molecule is c1ccc(-c2nc(-c3ccc4c(c3)C3(c5ccccc5-c5ccccc53)c3ccccc3-4)nc(-c3ccc4sc5ccccc5c4c3)n2)cc1. The molecule has 0 amide bonds. The van der Waals surface area contributed by atoms with Crippen LogP contribution >= 0.6 is 11.3 Å². The van der Waals surface area contributed by atoms with Crippen LogP contribution in [0.4, 0.5) is 0 Å². The third-order valence-corrected chi connectivity index (χ3v) is 11.7. The molecule has 9 aromatic rings. The molecule has 0 aliphatic heterocycles. The Hall–Kier alpha value is -6.23. The van der Waals surface area contributed by atoms with Gasteiger partial charge in [-0.3, -0.25) is 0 Å². The molecule has 0 radical (unpaired) electrons. The first-order valence-electron chi connectivity index (χ1n) is 16.9. The van der Waals surface area contributed by atoms with Gasteiger partial charge in [0, 0.05) is 36.9 Å². The Kier molecular flexibility index (Phi) is 5.75. The number of rotatable bonds is 3. The van der Waals surface area contributed by atoms with Crippen molar-refractivity contribution in [2.45, 2.75) is 5.41 Å². The van der Waals surface area contributed by atoms with Gasteiger partial charge in [-0.05, 0) is 74.8 Å². The zero-order valence-corrected chi connectivity index (χ0v) is 27.7. The lowest BCUT2D eigenvalue weighted by atomic mass is 9.70. The van der Waals surface area contributed by atoms with E-state index >= 15 is 0 Å². The molecule has 7 aromatic carbocycles. The molecule has 0 atom stereocenters. The van der Waals surface area contributed by atoms with Crippen LogP contribution in [0.1, 0.15) is 22.3 Å². The normalized spacial score (nSPS) is 13.4. The molecule has 0 unspecified atom stereocenters. The lowest BCUT2D eigenvalue weighted by Crippen LogP contribution is -2.25. The lowest BCUT2D eigenvalue weighted by molar-refractivity contribution is 0.794. The van der Waals surface area contributed by atoms with Crippen molar-refractivity contribution in [1.29, 1.82) is 0 Å². The second kappa shape index (κ2) is 10.4. The summed E-state index contributed by atoms with van der Waals surface area (Å²) in [7, 11) is 0. The fraction of sp³-hybridized carbons (Fsp3) is 0.0217. The van der Waals surface area contributed by atoms with Crippen LogP contribution in [0, 0.1) is 0 Å². The smallest absolute Gasteiger partial charge is 0.164 e. The van der Waals surface area contributed by atoms with Gasteiger partial charge in [0.05, 0.1) is 5.41 Å². The van der Waals surface area contributed by atoms with Gasteiger partial charge in [-0.2, -0.15) is 0 Å². The van der Waals surface area contributed by atoms with Crippen molar-refractivity contribution in [2.75, 3.05) is 0 Å². The molecule has 0 fully saturated rings. The number of hydrogen-bond donors (Lipinski definition) is 0. The zero-order valence-electron chi connectivity index (χ0n) is 26.8. The number of benzene rings is 7. The minimum absolute atomic E-state index is 0.432. The van der Waals surface area contributed by atoms with Crippen molar-refractivity contribution in [3.05, 3.63) is 186 Å². The van der Waals surface area contributed by atoms with Gasteiger partial charge in [0.2, 0.25) is 0 Å². The van der Waals surface area contributed by atoms with Gasteiger partial charge in [0.1, 0.15) is 0 Å². The molecule has 4 heteroatoms. The van der Waals surface area contributed by atoms with Gasteiger partial charge in [-0.1, -0.05) is 133 Å². The molecule has 2 aliphatic rings. The van der Waals surface area contributed by atoms with E-state index in [0.717, 1.165) is 16.7 Å². The number of aromatic nitrogens is 3. The van der Waals surface area contributed by atoms with Crippen molar-refractivity contribution in [3.8, 4) is 56.4 Å². The van der Waals surface area contributed by atoms with Crippen molar-refractivity contribution < 1.29 is 0 Å². The molecule has 232 valence electrons. The first-order valence-corrected chi connectivity index (χ1v) is 17.8. The van der Waals surface area contributed by atoms with Gasteiger partial charge in [-0.15, -0.1) is 11.3 Å². The van der Waals surface area contributed by atoms with Crippen molar-refractivity contribution in [2.24, 2.45) is 0 Å². The highest BCUT2D eigenvalue weighted by Crippen LogP contribution is 2.63. The van der Waals surface area contributed by atoms with Gasteiger partial charge in [0.25, 0.3) is 0 Å². The highest BCUT2D eigenvalue weighted by molar-refractivity contribution is 7.25. The topological polar surface area (TPSA) is 38.7 Å². The highest BCUT2D eigenvalue weighted by atomic mass is 32.1. The van der Waals surface area contributed by atoms with Crippen molar-refractivity contribution in [3.63, 3.8) is 0 Å². The Balaban J connectivity index is 1.16. The van der Waals surface area contributed by atoms with Gasteiger partial charge in [0.15, 0.2) is 17.5 Å². The molecule has 2 aliphatic carbocycles. The highest BCUT2D eigenvalue weighted by Gasteiger charge is 2.51. The maximum Gasteiger partial charge on any atom is 0.164 e. The van der Waals surface area contributed by atoms with Crippen LogP contribution in [0.25, 0.3) is 76.6 Å². The van der Waals surface area contributed by atoms with E-state index < -0.39 is 5.41 Å². The third-order valence-electron chi connectivity index (χ3n) is 10.6. The van der Waals surface area contributed by atoms with Crippen LogP contribution in [-0.4, -0.2) is 15.0 Å². The van der Waals surface area contributed by atoms with Crippen LogP contribution in [0.2, 0.25) is 0 Å². The molecular weight excluding hydrogens is 627 g/mol. The molecule has 50 heavy (non-hydrogen) atoms. The predicted molar refractivity (Wildman–Crippen MR) is 205 cm³/mol. The van der Waals surface area contributed by atoms with E-state index in [1.807, 2.05) is 29.5 Å². The quantitative estimate of drug-likeness (QED) is 0.190. The first-order chi connectivity index (χ1) is 24.8. The minimum Gasteiger partial charge on any atom is -0.208 e. The van der Waals surface area contributed by atoms with E-state index in [-0.39, 0.29) is 0 Å². The second-order valence-corrected chi connectivity index (χ2v) is 14.2. The molecule has 3 nitrogen and oxygen atoms in total. The van der Waals surface area contributed by atoms with Crippen LogP contribution < -0.4 is 0 Å². The summed E-state index contributed by atoms with van der Waals surface area (Å²) >= 11 is 1.82. The summed E-state index contributed by atoms with van der Waals surface area (Å²) in [6, 6.07) is 58.9. The summed E-state index contributed by atoms with van der Waals surface area (Å²) in [6.07, 6.45) is 0. The summed E-state index contributed by atoms with van der Waals surface area (Å²) in [4.78, 5) is 15.5. The maximum atomic E-state index is 5.23. The number of hydrogen-bond acceptors (Lipinski definition) is 4. The first kappa shape index (κ1) is 27.7.